The number of piperazine rings is 1. The van der Waals surface area contributed by atoms with E-state index in [9.17, 15) is 9.59 Å². The topological polar surface area (TPSA) is 76.0 Å². The summed E-state index contributed by atoms with van der Waals surface area (Å²) in [5.74, 6) is 1.60. The molecule has 0 atom stereocenters. The number of hydrogen-bond donors (Lipinski definition) is 1. The fourth-order valence-electron chi connectivity index (χ4n) is 4.47. The summed E-state index contributed by atoms with van der Waals surface area (Å²) in [7, 11) is 0. The summed E-state index contributed by atoms with van der Waals surface area (Å²) in [4.78, 5) is 28.7. The first-order chi connectivity index (χ1) is 16.0. The molecule has 0 unspecified atom stereocenters. The van der Waals surface area contributed by atoms with Crippen molar-refractivity contribution in [2.24, 2.45) is 0 Å². The molecule has 1 aliphatic carbocycles. The Labute approximate surface area is 193 Å². The zero-order valence-electron chi connectivity index (χ0n) is 19.2. The maximum absolute atomic E-state index is 12.8. The number of amides is 2. The van der Waals surface area contributed by atoms with Crippen LogP contribution in [0.5, 0.6) is 11.5 Å². The van der Waals surface area contributed by atoms with Gasteiger partial charge in [0, 0.05) is 61.4 Å². The van der Waals surface area contributed by atoms with Gasteiger partial charge in [0.15, 0.2) is 11.5 Å². The summed E-state index contributed by atoms with van der Waals surface area (Å²) in [6, 6.07) is 8.38. The van der Waals surface area contributed by atoms with Crippen molar-refractivity contribution in [3.05, 3.63) is 47.3 Å². The highest BCUT2D eigenvalue weighted by atomic mass is 16.7. The number of carbonyl (C=O) groups excluding carboxylic acids is 2. The minimum absolute atomic E-state index is 0.00460. The predicted molar refractivity (Wildman–Crippen MR) is 125 cm³/mol. The Bertz CT molecular complexity index is 1090. The number of aryl methyl sites for hydroxylation is 1. The van der Waals surface area contributed by atoms with Gasteiger partial charge >= 0.3 is 0 Å². The van der Waals surface area contributed by atoms with Crippen LogP contribution in [0.3, 0.4) is 0 Å². The number of nitrogens with zero attached hydrogens (tertiary/aromatic N) is 3. The van der Waals surface area contributed by atoms with Crippen LogP contribution in [0.15, 0.2) is 30.3 Å². The minimum atomic E-state index is 0.00460. The second-order valence-corrected chi connectivity index (χ2v) is 8.98. The third kappa shape index (κ3) is 4.75. The van der Waals surface area contributed by atoms with Gasteiger partial charge in [0.25, 0.3) is 0 Å². The number of hydrogen-bond acceptors (Lipinski definition) is 5. The Morgan fingerprint density at radius 1 is 1.06 bits per heavy atom. The highest BCUT2D eigenvalue weighted by molar-refractivity contribution is 5.92. The Hall–Kier alpha value is -3.26. The Morgan fingerprint density at radius 2 is 1.82 bits per heavy atom. The van der Waals surface area contributed by atoms with Gasteiger partial charge in [0.2, 0.25) is 18.6 Å². The molecule has 2 fully saturated rings. The van der Waals surface area contributed by atoms with Gasteiger partial charge in [0.1, 0.15) is 0 Å². The number of fused-ring (bicyclic) bond motifs is 1. The van der Waals surface area contributed by atoms with Gasteiger partial charge in [-0.2, -0.15) is 0 Å². The minimum Gasteiger partial charge on any atom is -0.454 e. The first-order valence-corrected chi connectivity index (χ1v) is 11.6. The van der Waals surface area contributed by atoms with E-state index in [1.165, 1.54) is 0 Å². The van der Waals surface area contributed by atoms with Gasteiger partial charge < -0.3 is 24.3 Å². The molecule has 2 aromatic rings. The molecule has 1 saturated carbocycles. The van der Waals surface area contributed by atoms with E-state index in [4.69, 9.17) is 9.47 Å². The van der Waals surface area contributed by atoms with Gasteiger partial charge in [0.05, 0.1) is 6.54 Å². The van der Waals surface area contributed by atoms with Crippen LogP contribution in [-0.4, -0.2) is 71.7 Å². The number of ether oxygens (including phenoxy) is 2. The molecule has 2 aliphatic heterocycles. The monoisotopic (exact) mass is 450 g/mol. The molecule has 5 rings (SSSR count). The Balaban J connectivity index is 1.19. The smallest absolute Gasteiger partial charge is 0.246 e. The highest BCUT2D eigenvalue weighted by Crippen LogP contribution is 2.35. The zero-order chi connectivity index (χ0) is 22.9. The number of carbonyl (C=O) groups is 2. The van der Waals surface area contributed by atoms with Crippen LogP contribution >= 0.6 is 0 Å². The molecular formula is C25H30N4O4. The average Bonchev–Trinajstić information content (AvgIpc) is 3.40. The van der Waals surface area contributed by atoms with Crippen molar-refractivity contribution in [3.63, 3.8) is 0 Å². The SMILES string of the molecule is Cc1cc(C=CC(=O)N2CCN(CC(=O)NC3CC3)CC2)c(C)n1-c1ccc2c(c1)OCO2. The van der Waals surface area contributed by atoms with Crippen LogP contribution in [0.4, 0.5) is 0 Å². The van der Waals surface area contributed by atoms with Crippen molar-refractivity contribution in [1.29, 1.82) is 0 Å². The fraction of sp³-hybridized carbons (Fsp3) is 0.440. The molecular weight excluding hydrogens is 420 g/mol. The Kier molecular flexibility index (Phi) is 5.85. The molecule has 1 aromatic heterocycles. The molecule has 174 valence electrons. The van der Waals surface area contributed by atoms with Crippen LogP contribution in [-0.2, 0) is 9.59 Å². The lowest BCUT2D eigenvalue weighted by atomic mass is 10.2. The largest absolute Gasteiger partial charge is 0.454 e. The second kappa shape index (κ2) is 8.94. The number of benzene rings is 1. The summed E-state index contributed by atoms with van der Waals surface area (Å²) in [5.41, 5.74) is 4.15. The Morgan fingerprint density at radius 3 is 2.58 bits per heavy atom. The van der Waals surface area contributed by atoms with Crippen LogP contribution in [0.1, 0.15) is 29.8 Å². The molecule has 0 spiro atoms. The van der Waals surface area contributed by atoms with Gasteiger partial charge in [-0.05, 0) is 56.5 Å². The van der Waals surface area contributed by atoms with E-state index >= 15 is 0 Å². The van der Waals surface area contributed by atoms with E-state index in [0.29, 0.717) is 25.7 Å². The lowest BCUT2D eigenvalue weighted by molar-refractivity contribution is -0.128. The molecule has 33 heavy (non-hydrogen) atoms. The molecule has 1 aromatic carbocycles. The zero-order valence-corrected chi connectivity index (χ0v) is 19.2. The molecule has 2 amide bonds. The van der Waals surface area contributed by atoms with Crippen molar-refractivity contribution >= 4 is 17.9 Å². The summed E-state index contributed by atoms with van der Waals surface area (Å²) in [5, 5.41) is 3.02. The quantitative estimate of drug-likeness (QED) is 0.684. The lowest BCUT2D eigenvalue weighted by Crippen LogP contribution is -2.51. The molecule has 3 heterocycles. The van der Waals surface area contributed by atoms with Crippen molar-refractivity contribution in [1.82, 2.24) is 19.7 Å². The van der Waals surface area contributed by atoms with Gasteiger partial charge in [-0.25, -0.2) is 0 Å². The van der Waals surface area contributed by atoms with Crippen molar-refractivity contribution in [2.75, 3.05) is 39.5 Å². The maximum atomic E-state index is 12.8. The first kappa shape index (κ1) is 21.6. The third-order valence-corrected chi connectivity index (χ3v) is 6.48. The van der Waals surface area contributed by atoms with Crippen LogP contribution in [0.25, 0.3) is 11.8 Å². The second-order valence-electron chi connectivity index (χ2n) is 8.98. The average molecular weight is 451 g/mol. The van der Waals surface area contributed by atoms with Crippen molar-refractivity contribution < 1.29 is 19.1 Å². The molecule has 1 N–H and O–H groups in total. The molecule has 8 nitrogen and oxygen atoms in total. The standard InChI is InChI=1S/C25H30N4O4/c1-17-13-19(18(2)29(17)21-6-7-22-23(14-21)33-16-32-22)3-8-25(31)28-11-9-27(10-12-28)15-24(30)26-20-4-5-20/h3,6-8,13-14,20H,4-5,9-12,15-16H2,1-2H3,(H,26,30). The van der Waals surface area contributed by atoms with Gasteiger partial charge in [-0.3, -0.25) is 14.5 Å². The van der Waals surface area contributed by atoms with E-state index in [1.54, 1.807) is 6.08 Å². The highest BCUT2D eigenvalue weighted by Gasteiger charge is 2.26. The summed E-state index contributed by atoms with van der Waals surface area (Å²) < 4.78 is 13.1. The first-order valence-electron chi connectivity index (χ1n) is 11.6. The third-order valence-electron chi connectivity index (χ3n) is 6.48. The molecule has 3 aliphatic rings. The lowest BCUT2D eigenvalue weighted by Gasteiger charge is -2.33. The predicted octanol–water partition coefficient (Wildman–Crippen LogP) is 2.26. The number of nitrogens with one attached hydrogen (secondary N) is 1. The molecule has 8 heteroatoms. The van der Waals surface area contributed by atoms with E-state index in [1.807, 2.05) is 36.1 Å². The molecule has 0 radical (unpaired) electrons. The summed E-state index contributed by atoms with van der Waals surface area (Å²) in [6.07, 6.45) is 5.74. The van der Waals surface area contributed by atoms with E-state index in [0.717, 1.165) is 60.1 Å². The van der Waals surface area contributed by atoms with Crippen molar-refractivity contribution in [3.8, 4) is 17.2 Å². The van der Waals surface area contributed by atoms with E-state index in [2.05, 4.69) is 27.8 Å². The summed E-state index contributed by atoms with van der Waals surface area (Å²) in [6.45, 7) is 7.47. The molecule has 0 bridgehead atoms. The summed E-state index contributed by atoms with van der Waals surface area (Å²) >= 11 is 0. The van der Waals surface area contributed by atoms with Gasteiger partial charge in [-0.15, -0.1) is 0 Å². The van der Waals surface area contributed by atoms with Gasteiger partial charge in [-0.1, -0.05) is 0 Å². The normalized spacial score (nSPS) is 18.2. The number of aromatic nitrogens is 1. The fourth-order valence-corrected chi connectivity index (χ4v) is 4.47. The van der Waals surface area contributed by atoms with Crippen LogP contribution < -0.4 is 14.8 Å². The molecule has 1 saturated heterocycles. The maximum Gasteiger partial charge on any atom is 0.246 e. The van der Waals surface area contributed by atoms with Crippen molar-refractivity contribution in [2.45, 2.75) is 32.7 Å². The van der Waals surface area contributed by atoms with Crippen LogP contribution in [0.2, 0.25) is 0 Å². The van der Waals surface area contributed by atoms with E-state index < -0.39 is 0 Å². The van der Waals surface area contributed by atoms with E-state index in [-0.39, 0.29) is 18.6 Å². The number of rotatable bonds is 6. The van der Waals surface area contributed by atoms with Crippen LogP contribution in [0, 0.1) is 13.8 Å².